The van der Waals surface area contributed by atoms with Crippen LogP contribution >= 0.6 is 0 Å². The van der Waals surface area contributed by atoms with Gasteiger partial charge in [0.05, 0.1) is 17.1 Å². The van der Waals surface area contributed by atoms with E-state index in [1.165, 1.54) is 0 Å². The molecule has 3 aromatic rings. The Kier molecular flexibility index (Phi) is 4.65. The topological polar surface area (TPSA) is 79.3 Å². The third-order valence-electron chi connectivity index (χ3n) is 6.06. The van der Waals surface area contributed by atoms with Gasteiger partial charge in [-0.2, -0.15) is 0 Å². The van der Waals surface area contributed by atoms with E-state index in [4.69, 9.17) is 4.98 Å². The Balaban J connectivity index is 1.39. The zero-order valence-corrected chi connectivity index (χ0v) is 17.0. The highest BCUT2D eigenvalue weighted by atomic mass is 16.2. The first-order valence-corrected chi connectivity index (χ1v) is 10.6. The number of aryl methyl sites for hydroxylation is 2. The van der Waals surface area contributed by atoms with Gasteiger partial charge in [-0.3, -0.25) is 4.79 Å². The number of hydrogen-bond donors (Lipinski definition) is 2. The second-order valence-electron chi connectivity index (χ2n) is 7.90. The number of nitrogens with one attached hydrogen (secondary N) is 2. The molecule has 30 heavy (non-hydrogen) atoms. The predicted molar refractivity (Wildman–Crippen MR) is 116 cm³/mol. The molecule has 154 valence electrons. The van der Waals surface area contributed by atoms with E-state index in [9.17, 15) is 9.59 Å². The van der Waals surface area contributed by atoms with Crippen molar-refractivity contribution in [2.75, 3.05) is 17.2 Å². The number of hydrogen-bond acceptors (Lipinski definition) is 3. The van der Waals surface area contributed by atoms with Crippen molar-refractivity contribution in [3.05, 3.63) is 53.9 Å². The van der Waals surface area contributed by atoms with E-state index < -0.39 is 0 Å². The molecule has 2 aliphatic heterocycles. The monoisotopic (exact) mass is 403 g/mol. The van der Waals surface area contributed by atoms with Crippen LogP contribution in [0.15, 0.2) is 42.5 Å². The number of urea groups is 1. The van der Waals surface area contributed by atoms with Crippen molar-refractivity contribution < 1.29 is 9.59 Å². The lowest BCUT2D eigenvalue weighted by molar-refractivity contribution is -0.116. The van der Waals surface area contributed by atoms with E-state index in [2.05, 4.69) is 28.2 Å². The van der Waals surface area contributed by atoms with Crippen LogP contribution in [-0.2, 0) is 17.8 Å². The summed E-state index contributed by atoms with van der Waals surface area (Å²) in [6.45, 7) is 3.64. The van der Waals surface area contributed by atoms with Gasteiger partial charge in [-0.15, -0.1) is 0 Å². The van der Waals surface area contributed by atoms with Crippen LogP contribution in [0.3, 0.4) is 0 Å². The lowest BCUT2D eigenvalue weighted by Gasteiger charge is -2.25. The quantitative estimate of drug-likeness (QED) is 0.684. The summed E-state index contributed by atoms with van der Waals surface area (Å²) in [5.74, 6) is 0.998. The normalized spacial score (nSPS) is 18.4. The zero-order chi connectivity index (χ0) is 20.7. The molecule has 2 aliphatic rings. The molecule has 5 rings (SSSR count). The van der Waals surface area contributed by atoms with Crippen molar-refractivity contribution in [2.45, 2.75) is 45.2 Å². The van der Waals surface area contributed by atoms with Crippen molar-refractivity contribution in [1.82, 2.24) is 14.5 Å². The van der Waals surface area contributed by atoms with E-state index in [0.29, 0.717) is 19.4 Å². The minimum Gasteiger partial charge on any atom is -0.327 e. The molecule has 1 aromatic heterocycles. The minimum atomic E-state index is -0.105. The Morgan fingerprint density at radius 1 is 1.23 bits per heavy atom. The molecular formula is C23H25N5O2. The van der Waals surface area contributed by atoms with Gasteiger partial charge in [0.15, 0.2) is 0 Å². The van der Waals surface area contributed by atoms with Crippen molar-refractivity contribution in [3.63, 3.8) is 0 Å². The number of para-hydroxylation sites is 2. The summed E-state index contributed by atoms with van der Waals surface area (Å²) in [6.07, 6.45) is 3.04. The fourth-order valence-corrected chi connectivity index (χ4v) is 4.62. The van der Waals surface area contributed by atoms with Crippen LogP contribution in [0, 0.1) is 0 Å². The lowest BCUT2D eigenvalue weighted by atomic mass is 10.0. The summed E-state index contributed by atoms with van der Waals surface area (Å²) < 4.78 is 2.22. The van der Waals surface area contributed by atoms with Crippen molar-refractivity contribution in [1.29, 1.82) is 0 Å². The molecular weight excluding hydrogens is 378 g/mol. The second kappa shape index (κ2) is 7.48. The maximum Gasteiger partial charge on any atom is 0.322 e. The first-order valence-electron chi connectivity index (χ1n) is 10.6. The molecule has 2 aromatic carbocycles. The lowest BCUT2D eigenvalue weighted by Crippen LogP contribution is -2.35. The molecule has 3 heterocycles. The molecule has 3 amide bonds. The van der Waals surface area contributed by atoms with Gasteiger partial charge in [0.2, 0.25) is 5.91 Å². The number of carbonyl (C=O) groups excluding carboxylic acids is 2. The summed E-state index contributed by atoms with van der Waals surface area (Å²) >= 11 is 0. The maximum absolute atomic E-state index is 13.1. The van der Waals surface area contributed by atoms with Gasteiger partial charge in [-0.1, -0.05) is 12.1 Å². The predicted octanol–water partition coefficient (Wildman–Crippen LogP) is 4.31. The number of nitrogens with zero attached hydrogens (tertiary/aromatic N) is 3. The van der Waals surface area contributed by atoms with Crippen molar-refractivity contribution in [2.24, 2.45) is 0 Å². The van der Waals surface area contributed by atoms with Crippen LogP contribution in [0.4, 0.5) is 16.2 Å². The molecule has 0 spiro atoms. The van der Waals surface area contributed by atoms with Crippen molar-refractivity contribution >= 4 is 34.3 Å². The minimum absolute atomic E-state index is 0.0331. The SMILES string of the molecule is CCn1c(C2CCCN2C(=O)Nc2ccc3c(c2)CCC(=O)N3)nc2ccccc21. The maximum atomic E-state index is 13.1. The summed E-state index contributed by atoms with van der Waals surface area (Å²) in [7, 11) is 0. The summed E-state index contributed by atoms with van der Waals surface area (Å²) in [6, 6.07) is 13.7. The van der Waals surface area contributed by atoms with E-state index in [1.54, 1.807) is 0 Å². The first kappa shape index (κ1) is 18.7. The van der Waals surface area contributed by atoms with Crippen LogP contribution in [0.2, 0.25) is 0 Å². The number of amides is 3. The molecule has 2 N–H and O–H groups in total. The number of benzene rings is 2. The Bertz CT molecular complexity index is 1140. The molecule has 0 radical (unpaired) electrons. The highest BCUT2D eigenvalue weighted by molar-refractivity contribution is 5.95. The van der Waals surface area contributed by atoms with E-state index in [0.717, 1.165) is 53.2 Å². The number of likely N-dealkylation sites (tertiary alicyclic amines) is 1. The van der Waals surface area contributed by atoms with Gasteiger partial charge in [0.25, 0.3) is 0 Å². The molecule has 7 heteroatoms. The van der Waals surface area contributed by atoms with Gasteiger partial charge in [0.1, 0.15) is 5.82 Å². The fraction of sp³-hybridized carbons (Fsp3) is 0.348. The average Bonchev–Trinajstić information content (AvgIpc) is 3.38. The molecule has 0 bridgehead atoms. The highest BCUT2D eigenvalue weighted by Crippen LogP contribution is 2.34. The van der Waals surface area contributed by atoms with E-state index in [-0.39, 0.29) is 18.0 Å². The average molecular weight is 403 g/mol. The zero-order valence-electron chi connectivity index (χ0n) is 17.0. The number of rotatable bonds is 3. The van der Waals surface area contributed by atoms with E-state index in [1.807, 2.05) is 41.3 Å². The highest BCUT2D eigenvalue weighted by Gasteiger charge is 2.33. The van der Waals surface area contributed by atoms with Gasteiger partial charge in [0, 0.05) is 30.9 Å². The number of imidazole rings is 1. The Hall–Kier alpha value is -3.35. The molecule has 7 nitrogen and oxygen atoms in total. The van der Waals surface area contributed by atoms with Gasteiger partial charge in [-0.25, -0.2) is 9.78 Å². The Morgan fingerprint density at radius 2 is 2.10 bits per heavy atom. The third-order valence-corrected chi connectivity index (χ3v) is 6.06. The molecule has 1 fully saturated rings. The van der Waals surface area contributed by atoms with Gasteiger partial charge in [-0.05, 0) is 62.1 Å². The van der Waals surface area contributed by atoms with E-state index >= 15 is 0 Å². The molecule has 1 atom stereocenters. The smallest absolute Gasteiger partial charge is 0.322 e. The standard InChI is InChI=1S/C23H25N5O2/c1-2-27-19-7-4-3-6-18(19)26-22(27)20-8-5-13-28(20)23(30)24-16-10-11-17-15(14-16)9-12-21(29)25-17/h3-4,6-7,10-11,14,20H,2,5,8-9,12-13H2,1H3,(H,24,30)(H,25,29). The van der Waals surface area contributed by atoms with Gasteiger partial charge >= 0.3 is 6.03 Å². The first-order chi connectivity index (χ1) is 14.6. The van der Waals surface area contributed by atoms with Crippen LogP contribution < -0.4 is 10.6 Å². The van der Waals surface area contributed by atoms with Crippen LogP contribution in [0.5, 0.6) is 0 Å². The van der Waals surface area contributed by atoms with Crippen molar-refractivity contribution in [3.8, 4) is 0 Å². The number of fused-ring (bicyclic) bond motifs is 2. The van der Waals surface area contributed by atoms with Crippen LogP contribution in [-0.4, -0.2) is 32.9 Å². The number of carbonyl (C=O) groups is 2. The number of anilines is 2. The fourth-order valence-electron chi connectivity index (χ4n) is 4.62. The van der Waals surface area contributed by atoms with Gasteiger partial charge < -0.3 is 20.1 Å². The van der Waals surface area contributed by atoms with Crippen LogP contribution in [0.1, 0.15) is 43.6 Å². The molecule has 1 saturated heterocycles. The summed E-state index contributed by atoms with van der Waals surface area (Å²) in [4.78, 5) is 31.5. The largest absolute Gasteiger partial charge is 0.327 e. The van der Waals surface area contributed by atoms with Crippen LogP contribution in [0.25, 0.3) is 11.0 Å². The molecule has 0 aliphatic carbocycles. The summed E-state index contributed by atoms with van der Waals surface area (Å²) in [5.41, 5.74) is 4.72. The second-order valence-corrected chi connectivity index (χ2v) is 7.90. The molecule has 0 saturated carbocycles. The Morgan fingerprint density at radius 3 is 2.97 bits per heavy atom. The molecule has 1 unspecified atom stereocenters. The third kappa shape index (κ3) is 3.20. The summed E-state index contributed by atoms with van der Waals surface area (Å²) in [5, 5.41) is 5.93. The Labute approximate surface area is 175 Å². The number of aromatic nitrogens is 2.